The Morgan fingerprint density at radius 3 is 2.63 bits per heavy atom. The van der Waals surface area contributed by atoms with Crippen molar-refractivity contribution in [2.45, 2.75) is 112 Å². The van der Waals surface area contributed by atoms with Gasteiger partial charge in [0.05, 0.1) is 23.2 Å². The average molecular weight is 602 g/mol. The number of ether oxygens (including phenoxy) is 2. The molecule has 0 amide bonds. The number of carbonyl (C=O) groups is 2. The number of rotatable bonds is 7. The molecule has 0 saturated heterocycles. The number of aliphatic hydroxyl groups excluding tert-OH is 2. The predicted octanol–water partition coefficient (Wildman–Crippen LogP) is 1.07. The Bertz CT molecular complexity index is 1250. The van der Waals surface area contributed by atoms with Gasteiger partial charge >= 0.3 is 5.97 Å². The maximum Gasteiger partial charge on any atom is 0.332 e. The molecule has 6 aliphatic carbocycles. The van der Waals surface area contributed by atoms with Crippen LogP contribution in [0.5, 0.6) is 0 Å². The lowest BCUT2D eigenvalue weighted by Gasteiger charge is -2.70. The van der Waals surface area contributed by atoms with E-state index in [0.717, 1.165) is 43.2 Å². The number of methoxy groups -OCH3 is 1. The van der Waals surface area contributed by atoms with Crippen molar-refractivity contribution in [3.8, 4) is 0 Å². The molecular weight excluding hydrogens is 554 g/mol. The minimum Gasteiger partial charge on any atom is -0.447 e. The highest BCUT2D eigenvalue weighted by Crippen LogP contribution is 2.76. The van der Waals surface area contributed by atoms with E-state index in [9.17, 15) is 35.1 Å². The summed E-state index contributed by atoms with van der Waals surface area (Å²) in [4.78, 5) is 26.1. The molecule has 0 aromatic carbocycles. The molecule has 43 heavy (non-hydrogen) atoms. The van der Waals surface area contributed by atoms with E-state index in [1.54, 1.807) is 13.2 Å². The quantitative estimate of drug-likeness (QED) is 0.108. The zero-order valence-corrected chi connectivity index (χ0v) is 25.1. The Labute approximate surface area is 252 Å². The number of fused-ring (bicyclic) bond motifs is 4. The van der Waals surface area contributed by atoms with E-state index in [4.69, 9.17) is 9.47 Å². The summed E-state index contributed by atoms with van der Waals surface area (Å²) in [6.45, 7) is 1.88. The van der Waals surface area contributed by atoms with E-state index in [2.05, 4.69) is 11.4 Å². The van der Waals surface area contributed by atoms with Crippen LogP contribution < -0.4 is 5.32 Å². The van der Waals surface area contributed by atoms with E-state index < -0.39 is 51.4 Å². The average Bonchev–Trinajstić information content (AvgIpc) is 3.41. The number of aliphatic hydroxyl groups is 5. The Balaban J connectivity index is 1.34. The summed E-state index contributed by atoms with van der Waals surface area (Å²) in [6, 6.07) is 0. The summed E-state index contributed by atoms with van der Waals surface area (Å²) in [5, 5.41) is 63.7. The molecule has 11 unspecified atom stereocenters. The van der Waals surface area contributed by atoms with E-state index in [0.29, 0.717) is 45.3 Å². The van der Waals surface area contributed by atoms with Crippen molar-refractivity contribution in [3.05, 3.63) is 23.3 Å². The highest BCUT2D eigenvalue weighted by Gasteiger charge is 2.82. The second-order valence-corrected chi connectivity index (χ2v) is 14.9. The summed E-state index contributed by atoms with van der Waals surface area (Å²) >= 11 is 0. The zero-order chi connectivity index (χ0) is 30.5. The number of aldehydes is 1. The van der Waals surface area contributed by atoms with Gasteiger partial charge in [-0.25, -0.2) is 4.79 Å². The van der Waals surface area contributed by atoms with Crippen molar-refractivity contribution in [2.75, 3.05) is 26.8 Å². The van der Waals surface area contributed by atoms with Crippen molar-refractivity contribution < 1.29 is 44.6 Å². The number of carbonyl (C=O) groups excluding carboxylic acids is 2. The van der Waals surface area contributed by atoms with E-state index in [1.165, 1.54) is 0 Å². The van der Waals surface area contributed by atoms with E-state index >= 15 is 0 Å². The second-order valence-electron chi connectivity index (χ2n) is 14.9. The van der Waals surface area contributed by atoms with Gasteiger partial charge in [-0.15, -0.1) is 0 Å². The van der Waals surface area contributed by atoms with Crippen LogP contribution in [0, 0.1) is 28.6 Å². The van der Waals surface area contributed by atoms with E-state index in [1.807, 2.05) is 0 Å². The monoisotopic (exact) mass is 601 g/mol. The first-order valence-electron chi connectivity index (χ1n) is 16.3. The SMILES string of the molecule is COCCCNCC1=CC2CC3(O)C4(CCCCC15OC(=O)C=C5C24)CCC1C2(C=O)CCC(O)CC2(O)CC(O)C13O. The molecule has 6 N–H and O–H groups in total. The van der Waals surface area contributed by atoms with Gasteiger partial charge in [0.1, 0.15) is 17.5 Å². The first-order chi connectivity index (χ1) is 20.5. The van der Waals surface area contributed by atoms with Crippen LogP contribution in [0.2, 0.25) is 0 Å². The third kappa shape index (κ3) is 3.60. The summed E-state index contributed by atoms with van der Waals surface area (Å²) in [6.07, 6.45) is 6.97. The van der Waals surface area contributed by atoms with Gasteiger partial charge in [0.2, 0.25) is 0 Å². The Morgan fingerprint density at radius 2 is 1.86 bits per heavy atom. The van der Waals surface area contributed by atoms with Crippen LogP contribution in [0.1, 0.15) is 77.0 Å². The number of hydrogen-bond donors (Lipinski definition) is 6. The van der Waals surface area contributed by atoms with Crippen molar-refractivity contribution in [1.82, 2.24) is 5.32 Å². The molecule has 10 heteroatoms. The maximum absolute atomic E-state index is 13.2. The minimum atomic E-state index is -2.06. The van der Waals surface area contributed by atoms with Crippen LogP contribution in [-0.4, -0.2) is 99.2 Å². The normalized spacial score (nSPS) is 51.5. The maximum atomic E-state index is 13.2. The van der Waals surface area contributed by atoms with Gasteiger partial charge in [-0.1, -0.05) is 12.5 Å². The molecule has 238 valence electrons. The molecule has 7 rings (SSSR count). The van der Waals surface area contributed by atoms with Crippen LogP contribution in [0.25, 0.3) is 0 Å². The molecule has 0 radical (unpaired) electrons. The van der Waals surface area contributed by atoms with Gasteiger partial charge in [-0.3, -0.25) is 0 Å². The lowest BCUT2D eigenvalue weighted by Crippen LogP contribution is -2.81. The number of allylic oxidation sites excluding steroid dienone is 1. The Morgan fingerprint density at radius 1 is 1.07 bits per heavy atom. The summed E-state index contributed by atoms with van der Waals surface area (Å²) in [5.74, 6) is -1.74. The predicted molar refractivity (Wildman–Crippen MR) is 153 cm³/mol. The molecule has 2 bridgehead atoms. The molecule has 7 aliphatic rings. The lowest BCUT2D eigenvalue weighted by atomic mass is 9.38. The molecule has 5 fully saturated rings. The third-order valence-electron chi connectivity index (χ3n) is 13.4. The van der Waals surface area contributed by atoms with Crippen LogP contribution in [0.4, 0.5) is 0 Å². The van der Waals surface area contributed by atoms with Gasteiger partial charge in [-0.2, -0.15) is 0 Å². The smallest absolute Gasteiger partial charge is 0.332 e. The van der Waals surface area contributed by atoms with Gasteiger partial charge in [0.25, 0.3) is 0 Å². The second kappa shape index (κ2) is 9.92. The van der Waals surface area contributed by atoms with Gasteiger partial charge in [-0.05, 0) is 87.3 Å². The molecule has 5 saturated carbocycles. The fourth-order valence-electron chi connectivity index (χ4n) is 11.7. The summed E-state index contributed by atoms with van der Waals surface area (Å²) in [7, 11) is 1.67. The third-order valence-corrected chi connectivity index (χ3v) is 13.4. The summed E-state index contributed by atoms with van der Waals surface area (Å²) in [5.41, 5.74) is -6.80. The lowest BCUT2D eigenvalue weighted by molar-refractivity contribution is -0.349. The number of esters is 1. The number of nitrogens with one attached hydrogen (secondary N) is 1. The van der Waals surface area contributed by atoms with Gasteiger partial charge in [0.15, 0.2) is 5.60 Å². The summed E-state index contributed by atoms with van der Waals surface area (Å²) < 4.78 is 11.4. The first kappa shape index (κ1) is 30.0. The molecule has 0 aromatic rings. The zero-order valence-electron chi connectivity index (χ0n) is 25.1. The van der Waals surface area contributed by atoms with Gasteiger partial charge in [0, 0.05) is 50.5 Å². The van der Waals surface area contributed by atoms with Crippen LogP contribution in [0.15, 0.2) is 23.3 Å². The topological polar surface area (TPSA) is 166 Å². The highest BCUT2D eigenvalue weighted by molar-refractivity contribution is 5.88. The van der Waals surface area contributed by atoms with Gasteiger partial charge < -0.3 is 45.1 Å². The molecule has 1 aliphatic heterocycles. The van der Waals surface area contributed by atoms with Crippen LogP contribution in [0.3, 0.4) is 0 Å². The molecular formula is C33H47NO9. The fraction of sp³-hybridized carbons (Fsp3) is 0.818. The van der Waals surface area contributed by atoms with Crippen LogP contribution in [-0.2, 0) is 19.1 Å². The molecule has 1 heterocycles. The van der Waals surface area contributed by atoms with Crippen molar-refractivity contribution >= 4 is 12.3 Å². The van der Waals surface area contributed by atoms with E-state index in [-0.39, 0.29) is 43.5 Å². The van der Waals surface area contributed by atoms with Crippen molar-refractivity contribution in [1.29, 1.82) is 0 Å². The van der Waals surface area contributed by atoms with Crippen molar-refractivity contribution in [2.24, 2.45) is 28.6 Å². The number of hydrogen-bond acceptors (Lipinski definition) is 10. The largest absolute Gasteiger partial charge is 0.447 e. The minimum absolute atomic E-state index is 0.0530. The highest BCUT2D eigenvalue weighted by atomic mass is 16.6. The molecule has 10 nitrogen and oxygen atoms in total. The molecule has 0 aromatic heterocycles. The fourth-order valence-corrected chi connectivity index (χ4v) is 11.7. The first-order valence-corrected chi connectivity index (χ1v) is 16.3. The Hall–Kier alpha value is -1.66. The standard InChI is InChI=1S/C33H47NO9/c1-42-12-4-11-34-18-21-13-20-15-32(40)28(7-2-3-8-31(21)23(27(20)28)14-26(38)43-31)10-6-24-29(19-35)9-5-22(36)16-30(29,39)17-25(37)33(24,32)41/h13-14,19-20,22,24-25,27,34,36-37,39-41H,2-12,15-18H2,1H3. The molecule has 11 atom stereocenters. The van der Waals surface area contributed by atoms with Crippen molar-refractivity contribution in [3.63, 3.8) is 0 Å². The Kier molecular flexibility index (Phi) is 6.92. The van der Waals surface area contributed by atoms with Crippen LogP contribution >= 0.6 is 0 Å². The molecule has 1 spiro atoms.